The zero-order chi connectivity index (χ0) is 21.2. The third-order valence-corrected chi connectivity index (χ3v) is 6.85. The fraction of sp³-hybridized carbons (Fsp3) is 0.435. The Morgan fingerprint density at radius 1 is 1.00 bits per heavy atom. The lowest BCUT2D eigenvalue weighted by molar-refractivity contribution is -0.122. The Labute approximate surface area is 174 Å². The number of anilines is 1. The molecule has 0 saturated heterocycles. The molecule has 5 nitrogen and oxygen atoms in total. The maximum atomic E-state index is 12.9. The van der Waals surface area contributed by atoms with Crippen LogP contribution in [0.2, 0.25) is 0 Å². The van der Waals surface area contributed by atoms with Crippen molar-refractivity contribution in [1.82, 2.24) is 5.32 Å². The lowest BCUT2D eigenvalue weighted by Gasteiger charge is -2.29. The summed E-state index contributed by atoms with van der Waals surface area (Å²) in [5, 5.41) is 2.99. The molecule has 2 aromatic rings. The largest absolute Gasteiger partial charge is 0.348 e. The maximum Gasteiger partial charge on any atom is 0.244 e. The zero-order valence-electron chi connectivity index (χ0n) is 17.6. The Bertz CT molecular complexity index is 984. The van der Waals surface area contributed by atoms with Crippen LogP contribution in [-0.4, -0.2) is 26.6 Å². The van der Waals surface area contributed by atoms with Crippen LogP contribution in [0, 0.1) is 6.92 Å². The molecule has 1 aliphatic rings. The number of hydrogen-bond acceptors (Lipinski definition) is 3. The molecule has 2 atom stereocenters. The van der Waals surface area contributed by atoms with Crippen LogP contribution in [0.15, 0.2) is 42.5 Å². The van der Waals surface area contributed by atoms with Crippen molar-refractivity contribution in [2.75, 3.05) is 10.6 Å². The lowest BCUT2D eigenvalue weighted by Crippen LogP contribution is -2.48. The van der Waals surface area contributed by atoms with Gasteiger partial charge in [0.1, 0.15) is 6.04 Å². The van der Waals surface area contributed by atoms with Crippen LogP contribution in [-0.2, 0) is 27.7 Å². The molecule has 0 radical (unpaired) electrons. The van der Waals surface area contributed by atoms with Crippen LogP contribution in [0.5, 0.6) is 0 Å². The highest BCUT2D eigenvalue weighted by Gasteiger charge is 2.30. The first-order chi connectivity index (χ1) is 13.7. The monoisotopic (exact) mass is 414 g/mol. The summed E-state index contributed by atoms with van der Waals surface area (Å²) in [7, 11) is -3.62. The average Bonchev–Trinajstić information content (AvgIpc) is 2.68. The van der Waals surface area contributed by atoms with Crippen LogP contribution in [0.25, 0.3) is 0 Å². The second kappa shape index (κ2) is 8.57. The van der Waals surface area contributed by atoms with E-state index in [2.05, 4.69) is 23.5 Å². The van der Waals surface area contributed by atoms with Crippen molar-refractivity contribution in [2.24, 2.45) is 0 Å². The van der Waals surface area contributed by atoms with Crippen molar-refractivity contribution in [2.45, 2.75) is 58.5 Å². The SMILES string of the molecule is Cc1ccc(N([C@H](C)C(=O)N[C@@H](C)c2ccc3c(c2)CCCC3)S(C)(=O)=O)cc1. The van der Waals surface area contributed by atoms with Crippen molar-refractivity contribution in [3.63, 3.8) is 0 Å². The number of carbonyl (C=O) groups is 1. The second-order valence-electron chi connectivity index (χ2n) is 8.04. The molecule has 1 amide bonds. The number of rotatable bonds is 6. The summed E-state index contributed by atoms with van der Waals surface area (Å²) in [6.07, 6.45) is 5.76. The van der Waals surface area contributed by atoms with Crippen LogP contribution in [0.3, 0.4) is 0 Å². The number of nitrogens with one attached hydrogen (secondary N) is 1. The number of carbonyl (C=O) groups excluding carboxylic acids is 1. The average molecular weight is 415 g/mol. The Morgan fingerprint density at radius 2 is 1.62 bits per heavy atom. The third-order valence-electron chi connectivity index (χ3n) is 5.61. The highest BCUT2D eigenvalue weighted by Crippen LogP contribution is 2.26. The van der Waals surface area contributed by atoms with Crippen LogP contribution < -0.4 is 9.62 Å². The molecule has 0 unspecified atom stereocenters. The summed E-state index contributed by atoms with van der Waals surface area (Å²) in [4.78, 5) is 12.9. The van der Waals surface area contributed by atoms with E-state index in [1.165, 1.54) is 28.3 Å². The number of hydrogen-bond donors (Lipinski definition) is 1. The van der Waals surface area contributed by atoms with Crippen LogP contribution in [0.4, 0.5) is 5.69 Å². The van der Waals surface area contributed by atoms with Gasteiger partial charge in [-0.3, -0.25) is 9.10 Å². The van der Waals surface area contributed by atoms with Crippen LogP contribution in [0.1, 0.15) is 55.0 Å². The first kappa shape index (κ1) is 21.4. The van der Waals surface area contributed by atoms with E-state index in [9.17, 15) is 13.2 Å². The molecule has 1 aliphatic carbocycles. The van der Waals surface area contributed by atoms with Gasteiger partial charge in [-0.05, 0) is 75.3 Å². The number of amides is 1. The summed E-state index contributed by atoms with van der Waals surface area (Å²) < 4.78 is 26.0. The number of aryl methyl sites for hydroxylation is 3. The van der Waals surface area contributed by atoms with Crippen molar-refractivity contribution < 1.29 is 13.2 Å². The van der Waals surface area contributed by atoms with Gasteiger partial charge < -0.3 is 5.32 Å². The van der Waals surface area contributed by atoms with Crippen LogP contribution >= 0.6 is 0 Å². The molecule has 1 N–H and O–H groups in total. The fourth-order valence-electron chi connectivity index (χ4n) is 3.94. The molecule has 0 heterocycles. The topological polar surface area (TPSA) is 66.5 Å². The van der Waals surface area contributed by atoms with Crippen molar-refractivity contribution in [3.8, 4) is 0 Å². The molecule has 6 heteroatoms. The molecule has 0 aromatic heterocycles. The number of benzene rings is 2. The highest BCUT2D eigenvalue weighted by molar-refractivity contribution is 7.92. The highest BCUT2D eigenvalue weighted by atomic mass is 32.2. The van der Waals surface area contributed by atoms with E-state index in [0.717, 1.165) is 30.2 Å². The zero-order valence-corrected chi connectivity index (χ0v) is 18.4. The van der Waals surface area contributed by atoms with Gasteiger partial charge in [0.15, 0.2) is 0 Å². The molecule has 0 aliphatic heterocycles. The molecule has 3 rings (SSSR count). The molecule has 0 bridgehead atoms. The number of sulfonamides is 1. The lowest BCUT2D eigenvalue weighted by atomic mass is 9.89. The Hall–Kier alpha value is -2.34. The normalized spacial score (nSPS) is 15.9. The van der Waals surface area contributed by atoms with Gasteiger partial charge in [-0.1, -0.05) is 35.9 Å². The predicted molar refractivity (Wildman–Crippen MR) is 118 cm³/mol. The standard InChI is InChI=1S/C23H30N2O3S/c1-16-9-13-22(14-10-16)25(29(4,27)28)18(3)23(26)24-17(2)20-12-11-19-7-5-6-8-21(19)15-20/h9-15,17-18H,5-8H2,1-4H3,(H,24,26)/t17-,18+/m0/s1. The Balaban J connectivity index is 1.78. The minimum atomic E-state index is -3.62. The van der Waals surface area contributed by atoms with Crippen molar-refractivity contribution in [3.05, 3.63) is 64.7 Å². The molecule has 0 spiro atoms. The Morgan fingerprint density at radius 3 is 2.24 bits per heavy atom. The van der Waals surface area contributed by atoms with Gasteiger partial charge in [0.2, 0.25) is 15.9 Å². The van der Waals surface area contributed by atoms with Gasteiger partial charge in [0.05, 0.1) is 18.0 Å². The second-order valence-corrected chi connectivity index (χ2v) is 9.90. The summed E-state index contributed by atoms with van der Waals surface area (Å²) >= 11 is 0. The molecule has 29 heavy (non-hydrogen) atoms. The molecular formula is C23H30N2O3S. The smallest absolute Gasteiger partial charge is 0.244 e. The van der Waals surface area contributed by atoms with Gasteiger partial charge in [-0.2, -0.15) is 0 Å². The first-order valence-electron chi connectivity index (χ1n) is 10.1. The molecule has 2 aromatic carbocycles. The molecule has 0 fully saturated rings. The summed E-state index contributed by atoms with van der Waals surface area (Å²) in [5.74, 6) is -0.318. The number of nitrogens with zero attached hydrogens (tertiary/aromatic N) is 1. The minimum absolute atomic E-state index is 0.198. The van der Waals surface area contributed by atoms with E-state index in [1.807, 2.05) is 26.0 Å². The van der Waals surface area contributed by atoms with Gasteiger partial charge in [0, 0.05) is 0 Å². The predicted octanol–water partition coefficient (Wildman–Crippen LogP) is 3.91. The van der Waals surface area contributed by atoms with Gasteiger partial charge in [0.25, 0.3) is 0 Å². The summed E-state index contributed by atoms with van der Waals surface area (Å²) in [6, 6.07) is 12.5. The molecular weight excluding hydrogens is 384 g/mol. The molecule has 0 saturated carbocycles. The molecule has 156 valence electrons. The van der Waals surface area contributed by atoms with Crippen molar-refractivity contribution in [1.29, 1.82) is 0 Å². The van der Waals surface area contributed by atoms with Gasteiger partial charge in [-0.15, -0.1) is 0 Å². The summed E-state index contributed by atoms with van der Waals surface area (Å²) in [6.45, 7) is 5.49. The summed E-state index contributed by atoms with van der Waals surface area (Å²) in [5.41, 5.74) is 5.32. The van der Waals surface area contributed by atoms with Gasteiger partial charge in [-0.25, -0.2) is 8.42 Å². The van der Waals surface area contributed by atoms with E-state index >= 15 is 0 Å². The van der Waals surface area contributed by atoms with E-state index in [-0.39, 0.29) is 11.9 Å². The quantitative estimate of drug-likeness (QED) is 0.779. The Kier molecular flexibility index (Phi) is 6.32. The maximum absolute atomic E-state index is 12.9. The first-order valence-corrected chi connectivity index (χ1v) is 12.0. The number of fused-ring (bicyclic) bond motifs is 1. The third kappa shape index (κ3) is 4.99. The van der Waals surface area contributed by atoms with E-state index in [0.29, 0.717) is 5.69 Å². The van der Waals surface area contributed by atoms with E-state index in [1.54, 1.807) is 19.1 Å². The minimum Gasteiger partial charge on any atom is -0.348 e. The fourth-order valence-corrected chi connectivity index (χ4v) is 5.12. The van der Waals surface area contributed by atoms with Gasteiger partial charge >= 0.3 is 0 Å². The van der Waals surface area contributed by atoms with Crippen molar-refractivity contribution >= 4 is 21.6 Å². The van der Waals surface area contributed by atoms with E-state index in [4.69, 9.17) is 0 Å². The van der Waals surface area contributed by atoms with E-state index < -0.39 is 16.1 Å².